The number of rotatable bonds is 7. The lowest BCUT2D eigenvalue weighted by Gasteiger charge is -2.08. The van der Waals surface area contributed by atoms with Crippen LogP contribution in [0.2, 0.25) is 0 Å². The van der Waals surface area contributed by atoms with Gasteiger partial charge in [-0.05, 0) is 36.3 Å². The second kappa shape index (κ2) is 9.25. The molecule has 1 amide bonds. The van der Waals surface area contributed by atoms with E-state index in [0.29, 0.717) is 36.1 Å². The minimum atomic E-state index is -4.43. The molecule has 0 radical (unpaired) electrons. The van der Waals surface area contributed by atoms with Crippen LogP contribution in [0, 0.1) is 0 Å². The van der Waals surface area contributed by atoms with Crippen molar-refractivity contribution in [2.45, 2.75) is 12.6 Å². The molecule has 0 aliphatic rings. The first-order valence-corrected chi connectivity index (χ1v) is 9.19. The van der Waals surface area contributed by atoms with Crippen LogP contribution >= 0.6 is 0 Å². The maximum atomic E-state index is 12.7. The molecule has 0 fully saturated rings. The number of carbonyl (C=O) groups is 1. The first-order valence-electron chi connectivity index (χ1n) is 9.19. The first kappa shape index (κ1) is 21.1. The van der Waals surface area contributed by atoms with Gasteiger partial charge in [-0.1, -0.05) is 30.3 Å². The Hall–Kier alpha value is -3.62. The van der Waals surface area contributed by atoms with Gasteiger partial charge in [-0.15, -0.1) is 0 Å². The standard InChI is InChI=1S/C21H19F3N4O2/c22-21(23,24)15-6-3-5-14(13-15)9-10-18(29)25-11-4-12-26-19-16-7-1-2-8-17(16)20(30)28-27-19/h1-3,5-10,13H,4,11-12H2,(H,25,29)(H,26,27)(H,28,30)/b10-9+. The number of H-pyrrole nitrogens is 1. The molecule has 0 saturated carbocycles. The van der Waals surface area contributed by atoms with Crippen molar-refractivity contribution in [2.24, 2.45) is 0 Å². The monoisotopic (exact) mass is 416 g/mol. The van der Waals surface area contributed by atoms with Crippen LogP contribution in [-0.2, 0) is 11.0 Å². The van der Waals surface area contributed by atoms with Crippen LogP contribution in [0.25, 0.3) is 16.8 Å². The average molecular weight is 416 g/mol. The summed E-state index contributed by atoms with van der Waals surface area (Å²) in [6.07, 6.45) is -1.32. The van der Waals surface area contributed by atoms with Crippen LogP contribution in [0.15, 0.2) is 59.4 Å². The molecule has 0 bridgehead atoms. The predicted octanol–water partition coefficient (Wildman–Crippen LogP) is 3.57. The van der Waals surface area contributed by atoms with E-state index in [4.69, 9.17) is 0 Å². The Morgan fingerprint density at radius 3 is 2.60 bits per heavy atom. The van der Waals surface area contributed by atoms with E-state index >= 15 is 0 Å². The van der Waals surface area contributed by atoms with E-state index < -0.39 is 17.6 Å². The fraction of sp³-hybridized carbons (Fsp3) is 0.190. The molecule has 3 aromatic rings. The Morgan fingerprint density at radius 2 is 1.83 bits per heavy atom. The van der Waals surface area contributed by atoms with Gasteiger partial charge < -0.3 is 10.6 Å². The number of aromatic amines is 1. The molecular formula is C21H19F3N4O2. The van der Waals surface area contributed by atoms with Gasteiger partial charge in [-0.2, -0.15) is 18.3 Å². The number of aromatic nitrogens is 2. The Kier molecular flexibility index (Phi) is 6.51. The largest absolute Gasteiger partial charge is 0.416 e. The van der Waals surface area contributed by atoms with Gasteiger partial charge in [0.15, 0.2) is 5.82 Å². The molecule has 6 nitrogen and oxygen atoms in total. The van der Waals surface area contributed by atoms with Crippen LogP contribution in [0.3, 0.4) is 0 Å². The summed E-state index contributed by atoms with van der Waals surface area (Å²) >= 11 is 0. The zero-order valence-corrected chi connectivity index (χ0v) is 15.8. The maximum absolute atomic E-state index is 12.7. The minimum absolute atomic E-state index is 0.268. The van der Waals surface area contributed by atoms with Gasteiger partial charge in [-0.3, -0.25) is 9.59 Å². The number of nitrogens with one attached hydrogen (secondary N) is 3. The summed E-state index contributed by atoms with van der Waals surface area (Å²) in [5, 5.41) is 13.4. The van der Waals surface area contributed by atoms with Crippen LogP contribution in [-0.4, -0.2) is 29.2 Å². The van der Waals surface area contributed by atoms with Crippen molar-refractivity contribution in [1.82, 2.24) is 15.5 Å². The zero-order valence-electron chi connectivity index (χ0n) is 15.8. The van der Waals surface area contributed by atoms with Crippen molar-refractivity contribution in [3.8, 4) is 0 Å². The van der Waals surface area contributed by atoms with E-state index in [-0.39, 0.29) is 11.1 Å². The molecule has 0 unspecified atom stereocenters. The summed E-state index contributed by atoms with van der Waals surface area (Å²) in [7, 11) is 0. The molecule has 0 saturated heterocycles. The second-order valence-corrected chi connectivity index (χ2v) is 6.47. The molecule has 0 aliphatic carbocycles. The third kappa shape index (κ3) is 5.47. The van der Waals surface area contributed by atoms with E-state index in [0.717, 1.165) is 12.1 Å². The summed E-state index contributed by atoms with van der Waals surface area (Å²) < 4.78 is 38.1. The van der Waals surface area contributed by atoms with E-state index in [1.54, 1.807) is 18.2 Å². The van der Waals surface area contributed by atoms with Crippen LogP contribution in [0.5, 0.6) is 0 Å². The molecule has 3 rings (SSSR count). The Morgan fingerprint density at radius 1 is 1.07 bits per heavy atom. The Labute approximate surface area is 169 Å². The number of nitrogens with zero attached hydrogens (tertiary/aromatic N) is 1. The normalized spacial score (nSPS) is 11.7. The van der Waals surface area contributed by atoms with Crippen LogP contribution in [0.4, 0.5) is 19.0 Å². The number of alkyl halides is 3. The number of carbonyl (C=O) groups excluding carboxylic acids is 1. The number of amides is 1. The molecule has 1 heterocycles. The highest BCUT2D eigenvalue weighted by molar-refractivity contribution is 5.92. The van der Waals surface area contributed by atoms with E-state index in [1.807, 2.05) is 6.07 Å². The molecular weight excluding hydrogens is 397 g/mol. The Balaban J connectivity index is 1.46. The number of hydrogen-bond acceptors (Lipinski definition) is 4. The average Bonchev–Trinajstić information content (AvgIpc) is 2.73. The van der Waals surface area contributed by atoms with Gasteiger partial charge in [0.1, 0.15) is 0 Å². The first-order chi connectivity index (χ1) is 14.3. The molecule has 1 aromatic heterocycles. The lowest BCUT2D eigenvalue weighted by atomic mass is 10.1. The Bertz CT molecular complexity index is 1120. The maximum Gasteiger partial charge on any atom is 0.416 e. The highest BCUT2D eigenvalue weighted by atomic mass is 19.4. The van der Waals surface area contributed by atoms with Gasteiger partial charge >= 0.3 is 6.18 Å². The van der Waals surface area contributed by atoms with Gasteiger partial charge in [0.2, 0.25) is 5.91 Å². The number of fused-ring (bicyclic) bond motifs is 1. The molecule has 0 aliphatic heterocycles. The molecule has 2 aromatic carbocycles. The SMILES string of the molecule is O=C(/C=C/c1cccc(C(F)(F)F)c1)NCCCNc1n[nH]c(=O)c2ccccc12. The fourth-order valence-corrected chi connectivity index (χ4v) is 2.81. The second-order valence-electron chi connectivity index (χ2n) is 6.47. The zero-order chi connectivity index (χ0) is 21.6. The van der Waals surface area contributed by atoms with E-state index in [9.17, 15) is 22.8 Å². The summed E-state index contributed by atoms with van der Waals surface area (Å²) in [6, 6.07) is 11.8. The number of benzene rings is 2. The lowest BCUT2D eigenvalue weighted by molar-refractivity contribution is -0.137. The summed E-state index contributed by atoms with van der Waals surface area (Å²) in [5.74, 6) is 0.140. The number of anilines is 1. The summed E-state index contributed by atoms with van der Waals surface area (Å²) in [4.78, 5) is 23.6. The van der Waals surface area contributed by atoms with Crippen molar-refractivity contribution in [2.75, 3.05) is 18.4 Å². The van der Waals surface area contributed by atoms with Crippen molar-refractivity contribution < 1.29 is 18.0 Å². The molecule has 0 atom stereocenters. The molecule has 30 heavy (non-hydrogen) atoms. The van der Waals surface area contributed by atoms with Crippen molar-refractivity contribution in [1.29, 1.82) is 0 Å². The predicted molar refractivity (Wildman–Crippen MR) is 109 cm³/mol. The quantitative estimate of drug-likeness (QED) is 0.406. The minimum Gasteiger partial charge on any atom is -0.368 e. The van der Waals surface area contributed by atoms with Crippen LogP contribution in [0.1, 0.15) is 17.5 Å². The summed E-state index contributed by atoms with van der Waals surface area (Å²) in [5.41, 5.74) is -0.742. The third-order valence-corrected chi connectivity index (χ3v) is 4.28. The molecule has 3 N–H and O–H groups in total. The number of halogens is 3. The van der Waals surface area contributed by atoms with Gasteiger partial charge in [0, 0.05) is 24.6 Å². The van der Waals surface area contributed by atoms with Crippen LogP contribution < -0.4 is 16.2 Å². The summed E-state index contributed by atoms with van der Waals surface area (Å²) in [6.45, 7) is 0.862. The van der Waals surface area contributed by atoms with Gasteiger partial charge in [-0.25, -0.2) is 5.10 Å². The van der Waals surface area contributed by atoms with Crippen molar-refractivity contribution >= 4 is 28.6 Å². The van der Waals surface area contributed by atoms with Gasteiger partial charge in [0.25, 0.3) is 5.56 Å². The number of hydrogen-bond donors (Lipinski definition) is 3. The highest BCUT2D eigenvalue weighted by Crippen LogP contribution is 2.29. The third-order valence-electron chi connectivity index (χ3n) is 4.28. The highest BCUT2D eigenvalue weighted by Gasteiger charge is 2.30. The smallest absolute Gasteiger partial charge is 0.368 e. The fourth-order valence-electron chi connectivity index (χ4n) is 2.81. The lowest BCUT2D eigenvalue weighted by Crippen LogP contribution is -2.24. The van der Waals surface area contributed by atoms with Crippen molar-refractivity contribution in [3.63, 3.8) is 0 Å². The topological polar surface area (TPSA) is 86.9 Å². The van der Waals surface area contributed by atoms with Gasteiger partial charge in [0.05, 0.1) is 10.9 Å². The van der Waals surface area contributed by atoms with Crippen molar-refractivity contribution in [3.05, 3.63) is 76.1 Å². The van der Waals surface area contributed by atoms with E-state index in [2.05, 4.69) is 20.8 Å². The molecule has 9 heteroatoms. The molecule has 156 valence electrons. The molecule has 0 spiro atoms. The van der Waals surface area contributed by atoms with E-state index in [1.165, 1.54) is 24.3 Å².